The second kappa shape index (κ2) is 9.69. The molecule has 0 heterocycles. The fourth-order valence-corrected chi connectivity index (χ4v) is 1.31. The number of allylic oxidation sites excluding steroid dienone is 1. The standard InChI is InChI=1S/C12H22N2O3/c1-3-4-7-10-14(2)12(17)13-9-6-5-8-11(15)16/h3H,1,4-10H2,2H3,(H,13,17)(H,15,16). The molecule has 2 amide bonds. The normalized spacial score (nSPS) is 9.71. The zero-order valence-corrected chi connectivity index (χ0v) is 10.4. The van der Waals surface area contributed by atoms with Crippen molar-refractivity contribution < 1.29 is 14.7 Å². The minimum Gasteiger partial charge on any atom is -0.481 e. The lowest BCUT2D eigenvalue weighted by Gasteiger charge is -2.17. The van der Waals surface area contributed by atoms with Crippen LogP contribution in [-0.2, 0) is 4.79 Å². The molecule has 0 saturated heterocycles. The first-order valence-electron chi connectivity index (χ1n) is 5.89. The first kappa shape index (κ1) is 15.5. The Hall–Kier alpha value is -1.52. The van der Waals surface area contributed by atoms with Crippen LogP contribution in [0.5, 0.6) is 0 Å². The summed E-state index contributed by atoms with van der Waals surface area (Å²) in [5.74, 6) is -0.794. The Bertz CT molecular complexity index is 254. The van der Waals surface area contributed by atoms with Crippen LogP contribution in [0, 0.1) is 0 Å². The van der Waals surface area contributed by atoms with Crippen molar-refractivity contribution in [3.8, 4) is 0 Å². The van der Waals surface area contributed by atoms with Gasteiger partial charge in [0.2, 0.25) is 0 Å². The molecule has 0 aromatic heterocycles. The van der Waals surface area contributed by atoms with Crippen molar-refractivity contribution in [1.29, 1.82) is 0 Å². The number of hydrogen-bond donors (Lipinski definition) is 2. The maximum absolute atomic E-state index is 11.5. The number of carboxylic acid groups (broad SMARTS) is 1. The van der Waals surface area contributed by atoms with Crippen molar-refractivity contribution in [2.75, 3.05) is 20.1 Å². The monoisotopic (exact) mass is 242 g/mol. The fourth-order valence-electron chi connectivity index (χ4n) is 1.31. The fraction of sp³-hybridized carbons (Fsp3) is 0.667. The number of unbranched alkanes of at least 4 members (excludes halogenated alkanes) is 2. The predicted octanol–water partition coefficient (Wildman–Crippen LogP) is 1.85. The van der Waals surface area contributed by atoms with Gasteiger partial charge in [-0.1, -0.05) is 6.08 Å². The molecule has 0 saturated carbocycles. The molecule has 0 aromatic carbocycles. The third-order valence-electron chi connectivity index (χ3n) is 2.34. The molecule has 0 aliphatic heterocycles. The predicted molar refractivity (Wildman–Crippen MR) is 66.9 cm³/mol. The molecule has 0 rings (SSSR count). The van der Waals surface area contributed by atoms with Gasteiger partial charge in [0.25, 0.3) is 0 Å². The molecular formula is C12H22N2O3. The van der Waals surface area contributed by atoms with Crippen molar-refractivity contribution in [2.45, 2.75) is 32.1 Å². The summed E-state index contributed by atoms with van der Waals surface area (Å²) in [5, 5.41) is 11.2. The van der Waals surface area contributed by atoms with Crippen LogP contribution in [0.15, 0.2) is 12.7 Å². The van der Waals surface area contributed by atoms with Crippen molar-refractivity contribution in [2.24, 2.45) is 0 Å². The summed E-state index contributed by atoms with van der Waals surface area (Å²) in [6, 6.07) is -0.107. The van der Waals surface area contributed by atoms with Gasteiger partial charge in [0.15, 0.2) is 0 Å². The smallest absolute Gasteiger partial charge is 0.317 e. The third-order valence-corrected chi connectivity index (χ3v) is 2.34. The lowest BCUT2D eigenvalue weighted by molar-refractivity contribution is -0.137. The Labute approximate surface area is 102 Å². The first-order valence-corrected chi connectivity index (χ1v) is 5.89. The molecule has 98 valence electrons. The van der Waals surface area contributed by atoms with Crippen LogP contribution in [-0.4, -0.2) is 42.1 Å². The first-order chi connectivity index (χ1) is 8.07. The largest absolute Gasteiger partial charge is 0.481 e. The highest BCUT2D eigenvalue weighted by molar-refractivity contribution is 5.73. The van der Waals surface area contributed by atoms with E-state index >= 15 is 0 Å². The van der Waals surface area contributed by atoms with Crippen LogP contribution in [0.2, 0.25) is 0 Å². The molecule has 0 aliphatic rings. The van der Waals surface area contributed by atoms with E-state index in [0.29, 0.717) is 25.9 Å². The highest BCUT2D eigenvalue weighted by atomic mass is 16.4. The Kier molecular flexibility index (Phi) is 8.82. The zero-order chi connectivity index (χ0) is 13.1. The number of nitrogens with zero attached hydrogens (tertiary/aromatic N) is 1. The number of carboxylic acids is 1. The summed E-state index contributed by atoms with van der Waals surface area (Å²) in [6.45, 7) is 4.85. The Morgan fingerprint density at radius 2 is 2.06 bits per heavy atom. The molecule has 0 spiro atoms. The highest BCUT2D eigenvalue weighted by Gasteiger charge is 2.06. The third kappa shape index (κ3) is 9.41. The number of rotatable bonds is 9. The van der Waals surface area contributed by atoms with Crippen molar-refractivity contribution in [3.05, 3.63) is 12.7 Å². The molecule has 0 atom stereocenters. The number of carbonyl (C=O) groups is 2. The average Bonchev–Trinajstić information content (AvgIpc) is 2.28. The van der Waals surface area contributed by atoms with Crippen molar-refractivity contribution in [3.63, 3.8) is 0 Å². The quantitative estimate of drug-likeness (QED) is 0.479. The number of hydrogen-bond acceptors (Lipinski definition) is 2. The van der Waals surface area contributed by atoms with Gasteiger partial charge in [-0.05, 0) is 25.7 Å². The van der Waals surface area contributed by atoms with E-state index in [1.807, 2.05) is 6.08 Å². The Morgan fingerprint density at radius 3 is 2.65 bits per heavy atom. The lowest BCUT2D eigenvalue weighted by Crippen LogP contribution is -2.38. The molecule has 0 fully saturated rings. The van der Waals surface area contributed by atoms with Crippen LogP contribution in [0.3, 0.4) is 0 Å². The summed E-state index contributed by atoms with van der Waals surface area (Å²) in [4.78, 5) is 23.4. The second-order valence-corrected chi connectivity index (χ2v) is 3.94. The van der Waals surface area contributed by atoms with Crippen LogP contribution >= 0.6 is 0 Å². The van der Waals surface area contributed by atoms with Gasteiger partial charge in [0, 0.05) is 26.6 Å². The molecule has 0 unspecified atom stereocenters. The van der Waals surface area contributed by atoms with Crippen LogP contribution in [0.4, 0.5) is 4.79 Å². The van der Waals surface area contributed by atoms with Gasteiger partial charge in [0.05, 0.1) is 0 Å². The van der Waals surface area contributed by atoms with Gasteiger partial charge in [0.1, 0.15) is 0 Å². The zero-order valence-electron chi connectivity index (χ0n) is 10.4. The van der Waals surface area contributed by atoms with E-state index in [1.54, 1.807) is 11.9 Å². The number of amides is 2. The number of urea groups is 1. The number of carbonyl (C=O) groups excluding carboxylic acids is 1. The second-order valence-electron chi connectivity index (χ2n) is 3.94. The minimum absolute atomic E-state index is 0.107. The van der Waals surface area contributed by atoms with Gasteiger partial charge in [-0.15, -0.1) is 6.58 Å². The summed E-state index contributed by atoms with van der Waals surface area (Å²) in [7, 11) is 1.75. The molecule has 0 aromatic rings. The average molecular weight is 242 g/mol. The van der Waals surface area contributed by atoms with E-state index < -0.39 is 5.97 Å². The van der Waals surface area contributed by atoms with Crippen LogP contribution in [0.1, 0.15) is 32.1 Å². The molecule has 0 radical (unpaired) electrons. The van der Waals surface area contributed by atoms with Crippen LogP contribution < -0.4 is 5.32 Å². The van der Waals surface area contributed by atoms with Crippen molar-refractivity contribution >= 4 is 12.0 Å². The summed E-state index contributed by atoms with van der Waals surface area (Å²) < 4.78 is 0. The summed E-state index contributed by atoms with van der Waals surface area (Å²) in [6.07, 6.45) is 5.08. The molecule has 2 N–H and O–H groups in total. The van der Waals surface area contributed by atoms with Crippen molar-refractivity contribution in [1.82, 2.24) is 10.2 Å². The summed E-state index contributed by atoms with van der Waals surface area (Å²) >= 11 is 0. The number of nitrogens with one attached hydrogen (secondary N) is 1. The molecule has 0 aliphatic carbocycles. The van der Waals surface area contributed by atoms with Gasteiger partial charge in [-0.3, -0.25) is 4.79 Å². The van der Waals surface area contributed by atoms with E-state index in [4.69, 9.17) is 5.11 Å². The molecule has 17 heavy (non-hydrogen) atoms. The maximum Gasteiger partial charge on any atom is 0.317 e. The molecule has 5 heteroatoms. The Balaban J connectivity index is 3.50. The van der Waals surface area contributed by atoms with Gasteiger partial charge < -0.3 is 15.3 Å². The molecule has 0 bridgehead atoms. The van der Waals surface area contributed by atoms with E-state index in [1.165, 1.54) is 0 Å². The minimum atomic E-state index is -0.794. The highest BCUT2D eigenvalue weighted by Crippen LogP contribution is 1.96. The molecular weight excluding hydrogens is 220 g/mol. The van der Waals surface area contributed by atoms with E-state index in [0.717, 1.165) is 12.8 Å². The van der Waals surface area contributed by atoms with E-state index in [9.17, 15) is 9.59 Å². The topological polar surface area (TPSA) is 69.6 Å². The van der Waals surface area contributed by atoms with Gasteiger partial charge in [-0.2, -0.15) is 0 Å². The number of aliphatic carboxylic acids is 1. The SMILES string of the molecule is C=CCCCN(C)C(=O)NCCCCC(=O)O. The Morgan fingerprint density at radius 1 is 1.35 bits per heavy atom. The van der Waals surface area contributed by atoms with E-state index in [2.05, 4.69) is 11.9 Å². The van der Waals surface area contributed by atoms with E-state index in [-0.39, 0.29) is 12.5 Å². The lowest BCUT2D eigenvalue weighted by atomic mass is 10.2. The maximum atomic E-state index is 11.5. The van der Waals surface area contributed by atoms with Crippen LogP contribution in [0.25, 0.3) is 0 Å². The summed E-state index contributed by atoms with van der Waals surface area (Å²) in [5.41, 5.74) is 0. The molecule has 5 nitrogen and oxygen atoms in total. The van der Waals surface area contributed by atoms with Gasteiger partial charge >= 0.3 is 12.0 Å². The van der Waals surface area contributed by atoms with Gasteiger partial charge in [-0.25, -0.2) is 4.79 Å².